The Labute approximate surface area is 188 Å². The molecule has 2 heterocycles. The zero-order valence-corrected chi connectivity index (χ0v) is 18.1. The van der Waals surface area contributed by atoms with Crippen molar-refractivity contribution in [1.29, 1.82) is 0 Å². The third kappa shape index (κ3) is 4.57. The number of nitrogens with zero attached hydrogens (tertiary/aromatic N) is 3. The number of pyridine rings is 1. The summed E-state index contributed by atoms with van der Waals surface area (Å²) < 4.78 is 55.4. The molecule has 2 aromatic heterocycles. The molecule has 0 radical (unpaired) electrons. The van der Waals surface area contributed by atoms with Crippen molar-refractivity contribution in [2.45, 2.75) is 19.6 Å². The molecule has 1 N–H and O–H groups in total. The molecule has 0 aliphatic carbocycles. The first-order valence-electron chi connectivity index (χ1n) is 9.37. The second-order valence-corrected chi connectivity index (χ2v) is 8.02. The summed E-state index contributed by atoms with van der Waals surface area (Å²) in [6.45, 7) is 2.10. The number of amides is 1. The molecule has 162 valence electrons. The quantitative estimate of drug-likeness (QED) is 0.384. The fourth-order valence-electron chi connectivity index (χ4n) is 3.22. The predicted molar refractivity (Wildman–Crippen MR) is 116 cm³/mol. The Morgan fingerprint density at radius 3 is 2.56 bits per heavy atom. The zero-order chi connectivity index (χ0) is 23.0. The fraction of sp³-hybridized carbons (Fsp3) is 0.143. The minimum atomic E-state index is -4.71. The molecule has 0 bridgehead atoms. The first-order valence-corrected chi connectivity index (χ1v) is 10.2. The van der Waals surface area contributed by atoms with Gasteiger partial charge in [-0.2, -0.15) is 0 Å². The summed E-state index contributed by atoms with van der Waals surface area (Å²) in [6, 6.07) is 11.2. The van der Waals surface area contributed by atoms with Gasteiger partial charge in [0.1, 0.15) is 0 Å². The van der Waals surface area contributed by atoms with Crippen LogP contribution in [0.15, 0.2) is 53.0 Å². The Kier molecular flexibility index (Phi) is 5.85. The third-order valence-electron chi connectivity index (χ3n) is 4.90. The summed E-state index contributed by atoms with van der Waals surface area (Å²) in [7, 11) is 1.50. The molecule has 0 spiro atoms. The van der Waals surface area contributed by atoms with Gasteiger partial charge in [0, 0.05) is 0 Å². The van der Waals surface area contributed by atoms with Gasteiger partial charge in [-0.3, -0.25) is 0 Å². The molecule has 0 saturated heterocycles. The van der Waals surface area contributed by atoms with Crippen LogP contribution in [0.25, 0.3) is 10.9 Å². The Morgan fingerprint density at radius 1 is 1.16 bits per heavy atom. The molecule has 0 saturated carbocycles. The van der Waals surface area contributed by atoms with Crippen LogP contribution in [0.1, 0.15) is 27.3 Å². The number of alkyl halides is 3. The summed E-state index contributed by atoms with van der Waals surface area (Å²) >= 11 is 3.27. The molecule has 11 heteroatoms. The van der Waals surface area contributed by atoms with E-state index >= 15 is 0 Å². The molecule has 0 unspecified atom stereocenters. The van der Waals surface area contributed by atoms with Gasteiger partial charge in [-0.15, -0.1) is 0 Å². The monoisotopic (exact) mass is 504 g/mol. The van der Waals surface area contributed by atoms with E-state index in [1.807, 2.05) is 0 Å². The molecule has 4 rings (SSSR count). The van der Waals surface area contributed by atoms with E-state index in [9.17, 15) is 22.4 Å². The molecule has 5 nitrogen and oxygen atoms in total. The topological polar surface area (TPSA) is 59.8 Å². The van der Waals surface area contributed by atoms with E-state index in [0.717, 1.165) is 11.6 Å². The first kappa shape index (κ1) is 22.1. The van der Waals surface area contributed by atoms with E-state index in [1.165, 1.54) is 31.5 Å². The third-order valence-corrected chi connectivity index (χ3v) is 5.40. The maximum absolute atomic E-state index is 13.3. The summed E-state index contributed by atoms with van der Waals surface area (Å²) in [6.07, 6.45) is -4.71. The van der Waals surface area contributed by atoms with E-state index in [1.54, 1.807) is 29.6 Å². The number of fused-ring (bicyclic) bond motifs is 1. The van der Waals surface area contributed by atoms with Crippen LogP contribution >= 0.6 is 15.9 Å². The molecule has 0 aliphatic rings. The minimum absolute atomic E-state index is 0.0479. The molecule has 0 aliphatic heterocycles. The van der Waals surface area contributed by atoms with Gasteiger partial charge in [0.05, 0.1) is 0 Å². The van der Waals surface area contributed by atoms with E-state index in [4.69, 9.17) is 0 Å². The van der Waals surface area contributed by atoms with E-state index < -0.39 is 17.8 Å². The van der Waals surface area contributed by atoms with Gasteiger partial charge in [0.25, 0.3) is 0 Å². The van der Waals surface area contributed by atoms with Crippen LogP contribution in [-0.4, -0.2) is 27.5 Å². The van der Waals surface area contributed by atoms with Crippen LogP contribution in [0.5, 0.6) is 0 Å². The first-order chi connectivity index (χ1) is 15.1. The number of carbonyl (C=O) groups excluding carboxylic acids is 1. The average molecular weight is 505 g/mol. The molecule has 4 aromatic rings. The Balaban J connectivity index is 1.66. The number of benzene rings is 2. The van der Waals surface area contributed by atoms with E-state index in [0.29, 0.717) is 16.7 Å². The number of carbonyl (C=O) groups is 1. The summed E-state index contributed by atoms with van der Waals surface area (Å²) in [5, 5.41) is 2.86. The average Bonchev–Trinajstić information content (AvgIpc) is 3.07. The van der Waals surface area contributed by atoms with Gasteiger partial charge in [-0.05, 0) is 0 Å². The second-order valence-electron chi connectivity index (χ2n) is 7.10. The fourth-order valence-corrected chi connectivity index (χ4v) is 3.58. The summed E-state index contributed by atoms with van der Waals surface area (Å²) in [5.41, 5.74) is 0.140. The van der Waals surface area contributed by atoms with Crippen molar-refractivity contribution < 1.29 is 22.4 Å². The Hall–Kier alpha value is -3.08. The molecule has 2 aromatic carbocycles. The van der Waals surface area contributed by atoms with Crippen LogP contribution < -0.4 is 5.32 Å². The van der Waals surface area contributed by atoms with Crippen molar-refractivity contribution in [2.24, 2.45) is 0 Å². The van der Waals surface area contributed by atoms with Crippen LogP contribution in [0.3, 0.4) is 0 Å². The number of halogens is 5. The van der Waals surface area contributed by atoms with Crippen molar-refractivity contribution in [1.82, 2.24) is 14.3 Å². The number of nitrogens with one attached hydrogen (secondary N) is 1. The van der Waals surface area contributed by atoms with Crippen molar-refractivity contribution >= 4 is 45.8 Å². The number of hydrogen-bond donors (Lipinski definition) is 1. The second kappa shape index (κ2) is 8.46. The van der Waals surface area contributed by atoms with Crippen LogP contribution in [0.2, 0.25) is 0 Å². The van der Waals surface area contributed by atoms with Gasteiger partial charge in [-0.1, -0.05) is 0 Å². The molecule has 0 fully saturated rings. The van der Waals surface area contributed by atoms with Gasteiger partial charge >= 0.3 is 189 Å². The maximum atomic E-state index is 13.3. The van der Waals surface area contributed by atoms with Crippen LogP contribution in [0.4, 0.5) is 23.4 Å². The molecular weight excluding hydrogens is 491 g/mol. The SMILES string of the molecule is Cc1c(NC(=O)c2cc(C(F)(F)F)nc3ccc(Br)cc23)nbn1Cc1ccc(F)cc1. The van der Waals surface area contributed by atoms with Crippen LogP contribution in [-0.2, 0) is 12.7 Å². The number of rotatable bonds is 4. The molecule has 0 atom stereocenters. The normalized spacial score (nSPS) is 11.6. The van der Waals surface area contributed by atoms with Crippen molar-refractivity contribution in [3.05, 3.63) is 81.3 Å². The molecular formula is C21H14BBrF4N4O. The summed E-state index contributed by atoms with van der Waals surface area (Å²) in [5.74, 6) is -0.875. The Morgan fingerprint density at radius 2 is 1.88 bits per heavy atom. The number of anilines is 1. The van der Waals surface area contributed by atoms with Crippen molar-refractivity contribution in [3.63, 3.8) is 0 Å². The van der Waals surface area contributed by atoms with E-state index in [-0.39, 0.29) is 28.1 Å². The zero-order valence-electron chi connectivity index (χ0n) is 16.5. The predicted octanol–water partition coefficient (Wildman–Crippen LogP) is 5.30. The number of aromatic nitrogens is 3. The van der Waals surface area contributed by atoms with Gasteiger partial charge < -0.3 is 0 Å². The van der Waals surface area contributed by atoms with E-state index in [2.05, 4.69) is 31.1 Å². The Bertz CT molecular complexity index is 1320. The molecule has 1 amide bonds. The van der Waals surface area contributed by atoms with Gasteiger partial charge in [-0.25, -0.2) is 0 Å². The van der Waals surface area contributed by atoms with Gasteiger partial charge in [0.15, 0.2) is 0 Å². The van der Waals surface area contributed by atoms with Crippen molar-refractivity contribution in [2.75, 3.05) is 5.32 Å². The van der Waals surface area contributed by atoms with Crippen molar-refractivity contribution in [3.8, 4) is 0 Å². The standard InChI is InChI=1S/C21H14BBrF4N4O/c1-11-19(30-22-31(11)10-12-2-5-14(24)6-3-12)29-20(32)16-9-18(21(25,26)27)28-17-7-4-13(23)8-15(16)17/h2-9H,10H2,1H3,(H,29,32). The van der Waals surface area contributed by atoms with Crippen LogP contribution in [0, 0.1) is 12.7 Å². The molecule has 32 heavy (non-hydrogen) atoms. The summed E-state index contributed by atoms with van der Waals surface area (Å²) in [4.78, 5) is 20.8. The number of hydrogen-bond acceptors (Lipinski definition) is 3. The van der Waals surface area contributed by atoms with Gasteiger partial charge in [0.2, 0.25) is 0 Å².